The van der Waals surface area contributed by atoms with Gasteiger partial charge in [-0.3, -0.25) is 9.78 Å². The van der Waals surface area contributed by atoms with Crippen LogP contribution in [-0.4, -0.2) is 37.3 Å². The Morgan fingerprint density at radius 2 is 1.52 bits per heavy atom. The zero-order valence-electron chi connectivity index (χ0n) is 18.3. The van der Waals surface area contributed by atoms with E-state index in [0.29, 0.717) is 17.4 Å². The predicted molar refractivity (Wildman–Crippen MR) is 129 cm³/mol. The van der Waals surface area contributed by atoms with Crippen molar-refractivity contribution in [3.63, 3.8) is 0 Å². The highest BCUT2D eigenvalue weighted by Crippen LogP contribution is 2.21. The highest BCUT2D eigenvalue weighted by atomic mass is 32.2. The van der Waals surface area contributed by atoms with Gasteiger partial charge in [0, 0.05) is 25.2 Å². The van der Waals surface area contributed by atoms with Crippen molar-refractivity contribution in [2.45, 2.75) is 23.9 Å². The molecule has 0 aliphatic carbocycles. The normalized spacial score (nSPS) is 12.4. The van der Waals surface area contributed by atoms with E-state index in [-0.39, 0.29) is 17.2 Å². The van der Waals surface area contributed by atoms with Crippen molar-refractivity contribution in [1.82, 2.24) is 14.6 Å². The summed E-state index contributed by atoms with van der Waals surface area (Å²) in [6.45, 7) is 0.377. The summed E-state index contributed by atoms with van der Waals surface area (Å²) in [5, 5.41) is 0.715. The first kappa shape index (κ1) is 22.6. The van der Waals surface area contributed by atoms with Crippen LogP contribution in [-0.2, 0) is 27.8 Å². The van der Waals surface area contributed by atoms with Crippen LogP contribution in [0.2, 0.25) is 0 Å². The lowest BCUT2D eigenvalue weighted by Crippen LogP contribution is -2.48. The van der Waals surface area contributed by atoms with Gasteiger partial charge in [0.15, 0.2) is 0 Å². The van der Waals surface area contributed by atoms with Crippen LogP contribution in [0.1, 0.15) is 11.1 Å². The third-order valence-corrected chi connectivity index (χ3v) is 6.91. The van der Waals surface area contributed by atoms with Gasteiger partial charge in [-0.05, 0) is 29.7 Å². The molecule has 3 aromatic carbocycles. The number of aromatic nitrogens is 1. The number of nitrogens with one attached hydrogen (secondary N) is 1. The lowest BCUT2D eigenvalue weighted by Gasteiger charge is -2.25. The van der Waals surface area contributed by atoms with Gasteiger partial charge in [-0.2, -0.15) is 4.72 Å². The zero-order chi connectivity index (χ0) is 23.3. The van der Waals surface area contributed by atoms with E-state index in [0.717, 1.165) is 11.1 Å². The van der Waals surface area contributed by atoms with Crippen LogP contribution in [0.5, 0.6) is 0 Å². The second-order valence-electron chi connectivity index (χ2n) is 7.87. The highest BCUT2D eigenvalue weighted by Gasteiger charge is 2.29. The largest absolute Gasteiger partial charge is 0.340 e. The fourth-order valence-electron chi connectivity index (χ4n) is 3.77. The summed E-state index contributed by atoms with van der Waals surface area (Å²) in [5.41, 5.74) is 2.20. The molecule has 0 saturated carbocycles. The third kappa shape index (κ3) is 5.45. The molecule has 33 heavy (non-hydrogen) atoms. The molecule has 1 unspecified atom stereocenters. The molecule has 1 N–H and O–H groups in total. The van der Waals surface area contributed by atoms with E-state index in [9.17, 15) is 13.2 Å². The van der Waals surface area contributed by atoms with Crippen molar-refractivity contribution in [2.75, 3.05) is 7.05 Å². The predicted octanol–water partition coefficient (Wildman–Crippen LogP) is 3.78. The Bertz CT molecular complexity index is 1340. The molecule has 0 aliphatic rings. The van der Waals surface area contributed by atoms with E-state index in [2.05, 4.69) is 9.71 Å². The quantitative estimate of drug-likeness (QED) is 0.435. The van der Waals surface area contributed by atoms with Crippen LogP contribution >= 0.6 is 0 Å². The lowest BCUT2D eigenvalue weighted by molar-refractivity contribution is -0.132. The summed E-state index contributed by atoms with van der Waals surface area (Å²) in [7, 11) is -2.34. The molecule has 0 saturated heterocycles. The Kier molecular flexibility index (Phi) is 6.82. The number of hydrogen-bond acceptors (Lipinski definition) is 4. The molecule has 1 aromatic heterocycles. The molecule has 7 heteroatoms. The van der Waals surface area contributed by atoms with Gasteiger partial charge in [-0.1, -0.05) is 78.9 Å². The Hall–Kier alpha value is -3.55. The average molecular weight is 460 g/mol. The van der Waals surface area contributed by atoms with E-state index < -0.39 is 16.1 Å². The SMILES string of the molecule is CN(Cc1ccccc1)C(=O)C(Cc1ccccc1)NS(=O)(=O)c1cccc2cccnc12. The van der Waals surface area contributed by atoms with Gasteiger partial charge in [0.2, 0.25) is 15.9 Å². The van der Waals surface area contributed by atoms with Crippen LogP contribution in [0.25, 0.3) is 10.9 Å². The number of amides is 1. The average Bonchev–Trinajstić information content (AvgIpc) is 2.84. The van der Waals surface area contributed by atoms with Crippen molar-refractivity contribution in [1.29, 1.82) is 0 Å². The molecule has 168 valence electrons. The van der Waals surface area contributed by atoms with Gasteiger partial charge < -0.3 is 4.90 Å². The molecule has 1 amide bonds. The number of fused-ring (bicyclic) bond motifs is 1. The zero-order valence-corrected chi connectivity index (χ0v) is 19.1. The summed E-state index contributed by atoms with van der Waals surface area (Å²) >= 11 is 0. The molecular formula is C26H25N3O3S. The second-order valence-corrected chi connectivity index (χ2v) is 9.56. The highest BCUT2D eigenvalue weighted by molar-refractivity contribution is 7.89. The number of rotatable bonds is 8. The Balaban J connectivity index is 1.64. The Labute approximate surface area is 194 Å². The molecule has 0 spiro atoms. The first-order chi connectivity index (χ1) is 15.9. The van der Waals surface area contributed by atoms with Gasteiger partial charge >= 0.3 is 0 Å². The maximum absolute atomic E-state index is 13.4. The van der Waals surface area contributed by atoms with Gasteiger partial charge in [-0.15, -0.1) is 0 Å². The Morgan fingerprint density at radius 1 is 0.879 bits per heavy atom. The van der Waals surface area contributed by atoms with E-state index in [1.807, 2.05) is 72.8 Å². The number of benzene rings is 3. The molecule has 0 bridgehead atoms. The van der Waals surface area contributed by atoms with Gasteiger partial charge in [0.25, 0.3) is 0 Å². The van der Waals surface area contributed by atoms with Crippen LogP contribution in [0.3, 0.4) is 0 Å². The number of sulfonamides is 1. The van der Waals surface area contributed by atoms with Crippen LogP contribution in [0.4, 0.5) is 0 Å². The van der Waals surface area contributed by atoms with Gasteiger partial charge in [-0.25, -0.2) is 8.42 Å². The monoisotopic (exact) mass is 459 g/mol. The minimum atomic E-state index is -4.02. The fraction of sp³-hybridized carbons (Fsp3) is 0.154. The minimum Gasteiger partial charge on any atom is -0.340 e. The number of pyridine rings is 1. The van der Waals surface area contributed by atoms with Crippen molar-refractivity contribution in [3.8, 4) is 0 Å². The number of hydrogen-bond donors (Lipinski definition) is 1. The summed E-state index contributed by atoms with van der Waals surface area (Å²) in [4.78, 5) is 19.3. The second kappa shape index (κ2) is 9.94. The smallest absolute Gasteiger partial charge is 0.243 e. The molecule has 0 radical (unpaired) electrons. The minimum absolute atomic E-state index is 0.0529. The van der Waals surface area contributed by atoms with E-state index in [1.165, 1.54) is 6.07 Å². The molecule has 4 rings (SSSR count). The number of carbonyl (C=O) groups is 1. The summed E-state index contributed by atoms with van der Waals surface area (Å²) in [5.74, 6) is -0.306. The number of nitrogens with zero attached hydrogens (tertiary/aromatic N) is 2. The van der Waals surface area contributed by atoms with Crippen LogP contribution in [0.15, 0.2) is 102 Å². The number of carbonyl (C=O) groups excluding carboxylic acids is 1. The maximum Gasteiger partial charge on any atom is 0.243 e. The first-order valence-electron chi connectivity index (χ1n) is 10.6. The summed E-state index contributed by atoms with van der Waals surface area (Å²) < 4.78 is 29.5. The number of para-hydroxylation sites is 1. The van der Waals surface area contributed by atoms with E-state index in [1.54, 1.807) is 30.3 Å². The van der Waals surface area contributed by atoms with Crippen LogP contribution in [0, 0.1) is 0 Å². The van der Waals surface area contributed by atoms with Crippen molar-refractivity contribution < 1.29 is 13.2 Å². The van der Waals surface area contributed by atoms with Gasteiger partial charge in [0.1, 0.15) is 10.9 Å². The Morgan fingerprint density at radius 3 is 2.21 bits per heavy atom. The van der Waals surface area contributed by atoms with Gasteiger partial charge in [0.05, 0.1) is 5.52 Å². The molecular weight excluding hydrogens is 434 g/mol. The molecule has 4 aromatic rings. The topological polar surface area (TPSA) is 79.4 Å². The molecule has 6 nitrogen and oxygen atoms in total. The molecule has 1 atom stereocenters. The van der Waals surface area contributed by atoms with Crippen molar-refractivity contribution in [2.24, 2.45) is 0 Å². The first-order valence-corrected chi connectivity index (χ1v) is 12.1. The summed E-state index contributed by atoms with van der Waals surface area (Å²) in [6.07, 6.45) is 1.79. The van der Waals surface area contributed by atoms with Crippen molar-refractivity contribution in [3.05, 3.63) is 108 Å². The third-order valence-electron chi connectivity index (χ3n) is 5.40. The summed E-state index contributed by atoms with van der Waals surface area (Å²) in [6, 6.07) is 26.6. The fourth-order valence-corrected chi connectivity index (χ4v) is 5.14. The molecule has 1 heterocycles. The standard InChI is InChI=1S/C26H25N3O3S/c1-29(19-21-12-6-3-7-13-21)26(30)23(18-20-10-4-2-5-11-20)28-33(31,32)24-16-8-14-22-15-9-17-27-25(22)24/h2-17,23,28H,18-19H2,1H3. The molecule has 0 fully saturated rings. The van der Waals surface area contributed by atoms with Crippen LogP contribution < -0.4 is 4.72 Å². The lowest BCUT2D eigenvalue weighted by atomic mass is 10.1. The van der Waals surface area contributed by atoms with E-state index in [4.69, 9.17) is 0 Å². The van der Waals surface area contributed by atoms with Crippen molar-refractivity contribution >= 4 is 26.8 Å². The maximum atomic E-state index is 13.4. The van der Waals surface area contributed by atoms with E-state index >= 15 is 0 Å². The molecule has 0 aliphatic heterocycles. The number of likely N-dealkylation sites (N-methyl/N-ethyl adjacent to an activating group) is 1.